The van der Waals surface area contributed by atoms with Crippen LogP contribution in [0.15, 0.2) is 30.3 Å². The van der Waals surface area contributed by atoms with E-state index in [-0.39, 0.29) is 5.69 Å². The first-order valence-electron chi connectivity index (χ1n) is 4.42. The van der Waals surface area contributed by atoms with E-state index in [1.807, 2.05) is 0 Å². The highest BCUT2D eigenvalue weighted by Gasteiger charge is 2.29. The predicted octanol–water partition coefficient (Wildman–Crippen LogP) is 0.583. The number of para-hydroxylation sites is 1. The van der Waals surface area contributed by atoms with Crippen molar-refractivity contribution >= 4 is 11.7 Å². The van der Waals surface area contributed by atoms with Gasteiger partial charge >= 0.3 is 12.4 Å². The average molecular weight is 267 g/mol. The summed E-state index contributed by atoms with van der Waals surface area (Å²) in [5, 5.41) is 0. The number of benzene rings is 1. The molecule has 0 saturated carbocycles. The zero-order valence-electron chi connectivity index (χ0n) is 8.99. The van der Waals surface area contributed by atoms with E-state index in [0.717, 1.165) is 0 Å². The summed E-state index contributed by atoms with van der Waals surface area (Å²) in [5.74, 6) is 9.08. The summed E-state index contributed by atoms with van der Waals surface area (Å²) in [4.78, 5) is 13.1. The Labute approximate surface area is 100 Å². The van der Waals surface area contributed by atoms with Gasteiger partial charge in [0.15, 0.2) is 0 Å². The fourth-order valence-electron chi connectivity index (χ4n) is 0.665. The van der Waals surface area contributed by atoms with Gasteiger partial charge < -0.3 is 0 Å². The topological polar surface area (TPSA) is 114 Å². The van der Waals surface area contributed by atoms with Crippen molar-refractivity contribution in [2.45, 2.75) is 6.36 Å². The average Bonchev–Trinajstić information content (AvgIpc) is 2.36. The Balaban J connectivity index is 0.000000411. The van der Waals surface area contributed by atoms with Crippen molar-refractivity contribution in [3.8, 4) is 0 Å². The van der Waals surface area contributed by atoms with Crippen molar-refractivity contribution in [3.05, 3.63) is 30.3 Å². The molecule has 0 bridgehead atoms. The lowest BCUT2D eigenvalue weighted by atomic mass is 10.3. The number of amides is 2. The molecule has 0 fully saturated rings. The lowest BCUT2D eigenvalue weighted by Crippen LogP contribution is -2.43. The predicted molar refractivity (Wildman–Crippen MR) is 57.2 cm³/mol. The number of nitrogens with two attached hydrogens (primary N) is 2. The molecule has 0 unspecified atom stereocenters. The highest BCUT2D eigenvalue weighted by molar-refractivity contribution is 5.72. The van der Waals surface area contributed by atoms with E-state index in [1.165, 1.54) is 12.1 Å². The lowest BCUT2D eigenvalue weighted by Gasteiger charge is -2.08. The first-order valence-corrected chi connectivity index (χ1v) is 4.42. The molecule has 102 valence electrons. The Morgan fingerprint density at radius 1 is 1.11 bits per heavy atom. The molecule has 7 nitrogen and oxygen atoms in total. The maximum absolute atomic E-state index is 11.5. The summed E-state index contributed by atoms with van der Waals surface area (Å²) < 4.78 is 34.4. The van der Waals surface area contributed by atoms with Crippen molar-refractivity contribution in [1.29, 1.82) is 0 Å². The smallest absolute Gasteiger partial charge is 0.275 e. The minimum Gasteiger partial charge on any atom is -0.275 e. The van der Waals surface area contributed by atoms with Crippen molar-refractivity contribution in [2.24, 2.45) is 11.7 Å². The van der Waals surface area contributed by atoms with Crippen LogP contribution in [0.4, 0.5) is 23.7 Å². The van der Waals surface area contributed by atoms with E-state index < -0.39 is 12.4 Å². The van der Waals surface area contributed by atoms with E-state index in [1.54, 1.807) is 34.5 Å². The van der Waals surface area contributed by atoms with Gasteiger partial charge in [0.2, 0.25) is 0 Å². The van der Waals surface area contributed by atoms with Crippen molar-refractivity contribution < 1.29 is 22.8 Å². The first-order chi connectivity index (χ1) is 8.39. The van der Waals surface area contributed by atoms with Gasteiger partial charge in [-0.25, -0.2) is 16.5 Å². The highest BCUT2D eigenvalue weighted by Crippen LogP contribution is 2.17. The van der Waals surface area contributed by atoms with Crippen LogP contribution >= 0.6 is 0 Å². The molecule has 18 heavy (non-hydrogen) atoms. The molecule has 0 saturated heterocycles. The summed E-state index contributed by atoms with van der Waals surface area (Å²) in [7, 11) is 0. The number of hydrazine groups is 2. The van der Waals surface area contributed by atoms with Crippen molar-refractivity contribution in [1.82, 2.24) is 10.9 Å². The minimum atomic E-state index is -4.66. The van der Waals surface area contributed by atoms with E-state index in [2.05, 4.69) is 16.5 Å². The Hall–Kier alpha value is -2.04. The molecule has 0 aliphatic carbocycles. The van der Waals surface area contributed by atoms with Crippen LogP contribution in [0.25, 0.3) is 0 Å². The third-order valence-corrected chi connectivity index (χ3v) is 1.32. The number of halogens is 3. The molecule has 0 spiro atoms. The van der Waals surface area contributed by atoms with Crippen LogP contribution in [-0.4, -0.2) is 12.4 Å². The summed E-state index contributed by atoms with van der Waals surface area (Å²) >= 11 is 0. The molecule has 1 aromatic carbocycles. The number of alkyl halides is 3. The van der Waals surface area contributed by atoms with E-state index in [0.29, 0.717) is 0 Å². The Morgan fingerprint density at radius 2 is 1.61 bits per heavy atom. The van der Waals surface area contributed by atoms with E-state index >= 15 is 0 Å². The lowest BCUT2D eigenvalue weighted by molar-refractivity contribution is -0.311. The molecule has 0 aliphatic heterocycles. The van der Waals surface area contributed by atoms with Crippen LogP contribution in [-0.2, 0) is 4.84 Å². The van der Waals surface area contributed by atoms with Crippen LogP contribution in [0.2, 0.25) is 0 Å². The summed E-state index contributed by atoms with van der Waals surface area (Å²) in [6.07, 6.45) is -4.66. The normalized spacial score (nSPS) is 9.83. The number of hydrogen-bond acceptors (Lipinski definition) is 5. The van der Waals surface area contributed by atoms with Gasteiger partial charge in [-0.15, -0.1) is 13.2 Å². The molecular formula is C8H12F3N5O2. The monoisotopic (exact) mass is 267 g/mol. The number of hydrogen-bond donors (Lipinski definition) is 5. The third kappa shape index (κ3) is 9.21. The number of carbonyl (C=O) groups excluding carboxylic acids is 1. The Morgan fingerprint density at radius 3 is 1.94 bits per heavy atom. The summed E-state index contributed by atoms with van der Waals surface area (Å²) in [6, 6.07) is 7.22. The van der Waals surface area contributed by atoms with Crippen LogP contribution in [0.3, 0.4) is 0 Å². The molecule has 7 N–H and O–H groups in total. The second-order valence-electron chi connectivity index (χ2n) is 2.63. The van der Waals surface area contributed by atoms with Crippen molar-refractivity contribution in [2.75, 3.05) is 5.48 Å². The standard InChI is InChI=1S/C7H6F3NO.CH6N4O/c8-7(9,10)12-11-6-4-2-1-3-5-6;2-4-1(6)5-3/h1-5,11H;2-3H2,(H2,4,5,6). The number of carbonyl (C=O) groups is 1. The number of nitrogens with one attached hydrogen (secondary N) is 3. The van der Waals surface area contributed by atoms with Gasteiger partial charge in [0.1, 0.15) is 0 Å². The number of urea groups is 1. The van der Waals surface area contributed by atoms with Crippen LogP contribution in [0, 0.1) is 0 Å². The first kappa shape index (κ1) is 16.0. The molecule has 0 aliphatic rings. The molecule has 1 aromatic rings. The number of anilines is 1. The quantitative estimate of drug-likeness (QED) is 0.305. The molecular weight excluding hydrogens is 255 g/mol. The van der Waals surface area contributed by atoms with Crippen molar-refractivity contribution in [3.63, 3.8) is 0 Å². The fraction of sp³-hybridized carbons (Fsp3) is 0.125. The van der Waals surface area contributed by atoms with E-state index in [4.69, 9.17) is 0 Å². The molecule has 0 radical (unpaired) electrons. The Bertz CT molecular complexity index is 340. The van der Waals surface area contributed by atoms with E-state index in [9.17, 15) is 18.0 Å². The maximum atomic E-state index is 11.5. The summed E-state index contributed by atoms with van der Waals surface area (Å²) in [6.45, 7) is 0. The van der Waals surface area contributed by atoms with Gasteiger partial charge in [0, 0.05) is 0 Å². The SMILES string of the molecule is FC(F)(F)ONc1ccccc1.NNC(=O)NN. The zero-order chi connectivity index (χ0) is 14.0. The molecule has 0 heterocycles. The van der Waals surface area contributed by atoms with Gasteiger partial charge in [-0.2, -0.15) is 4.84 Å². The molecule has 1 rings (SSSR count). The minimum absolute atomic E-state index is 0.259. The van der Waals surface area contributed by atoms with Crippen LogP contribution < -0.4 is 28.0 Å². The zero-order valence-corrected chi connectivity index (χ0v) is 8.99. The molecule has 0 atom stereocenters. The second-order valence-corrected chi connectivity index (χ2v) is 2.63. The van der Waals surface area contributed by atoms with Crippen LogP contribution in [0.1, 0.15) is 0 Å². The number of rotatable bonds is 2. The molecule has 10 heteroatoms. The van der Waals surface area contributed by atoms with Gasteiger partial charge in [-0.1, -0.05) is 18.2 Å². The molecule has 0 aromatic heterocycles. The van der Waals surface area contributed by atoms with Gasteiger partial charge in [-0.3, -0.25) is 16.3 Å². The third-order valence-electron chi connectivity index (χ3n) is 1.32. The highest BCUT2D eigenvalue weighted by atomic mass is 19.4. The van der Waals surface area contributed by atoms with Crippen LogP contribution in [0.5, 0.6) is 0 Å². The fourth-order valence-corrected chi connectivity index (χ4v) is 0.665. The summed E-state index contributed by atoms with van der Waals surface area (Å²) in [5.41, 5.74) is 5.50. The Kier molecular flexibility index (Phi) is 7.19. The largest absolute Gasteiger partial charge is 0.543 e. The maximum Gasteiger partial charge on any atom is 0.543 e. The molecule has 2 amide bonds. The second kappa shape index (κ2) is 8.11. The van der Waals surface area contributed by atoms with Gasteiger partial charge in [-0.05, 0) is 12.1 Å². The van der Waals surface area contributed by atoms with Gasteiger partial charge in [0.05, 0.1) is 5.69 Å². The van der Waals surface area contributed by atoms with Gasteiger partial charge in [0.25, 0.3) is 0 Å².